The Kier molecular flexibility index (Phi) is 2.17. The lowest BCUT2D eigenvalue weighted by molar-refractivity contribution is 0.112. The van der Waals surface area contributed by atoms with E-state index in [0.29, 0.717) is 27.3 Å². The van der Waals surface area contributed by atoms with Crippen molar-refractivity contribution >= 4 is 28.0 Å². The minimum Gasteiger partial charge on any atom is -0.311 e. The first kappa shape index (κ1) is 9.08. The minimum atomic E-state index is -0.167. The van der Waals surface area contributed by atoms with Crippen LogP contribution in [0.3, 0.4) is 0 Å². The highest BCUT2D eigenvalue weighted by molar-refractivity contribution is 7.20. The molecule has 2 aromatic heterocycles. The molecule has 0 saturated carbocycles. The first-order valence-electron chi connectivity index (χ1n) is 4.22. The Labute approximate surface area is 83.6 Å². The number of aromatic nitrogens is 2. The maximum atomic E-state index is 11.4. The normalized spacial score (nSPS) is 10.6. The number of nitrogens with zero attached hydrogens (tertiary/aromatic N) is 1. The van der Waals surface area contributed by atoms with Crippen molar-refractivity contribution in [3.8, 4) is 0 Å². The van der Waals surface area contributed by atoms with Gasteiger partial charge in [0.2, 0.25) is 0 Å². The van der Waals surface area contributed by atoms with E-state index in [0.717, 1.165) is 6.29 Å². The van der Waals surface area contributed by atoms with Crippen LogP contribution >= 0.6 is 11.3 Å². The molecular weight excluding hydrogens is 200 g/mol. The molecule has 2 heterocycles. The highest BCUT2D eigenvalue weighted by Crippen LogP contribution is 2.19. The first-order valence-corrected chi connectivity index (χ1v) is 5.04. The van der Waals surface area contributed by atoms with Crippen molar-refractivity contribution in [3.05, 3.63) is 27.0 Å². The van der Waals surface area contributed by atoms with Gasteiger partial charge in [0.1, 0.15) is 10.5 Å². The average molecular weight is 208 g/mol. The molecule has 2 aromatic rings. The van der Waals surface area contributed by atoms with E-state index in [1.165, 1.54) is 11.3 Å². The molecule has 14 heavy (non-hydrogen) atoms. The van der Waals surface area contributed by atoms with E-state index in [9.17, 15) is 9.59 Å². The zero-order chi connectivity index (χ0) is 10.1. The number of H-pyrrole nitrogens is 1. The number of nitrogens with one attached hydrogen (secondary N) is 1. The highest BCUT2D eigenvalue weighted by atomic mass is 32.1. The largest absolute Gasteiger partial charge is 0.311 e. The van der Waals surface area contributed by atoms with Crippen LogP contribution in [0.15, 0.2) is 10.9 Å². The Morgan fingerprint density at radius 3 is 3.07 bits per heavy atom. The quantitative estimate of drug-likeness (QED) is 0.758. The van der Waals surface area contributed by atoms with Crippen LogP contribution in [0.1, 0.15) is 22.3 Å². The average Bonchev–Trinajstić information content (AvgIpc) is 2.58. The molecule has 0 saturated heterocycles. The van der Waals surface area contributed by atoms with Gasteiger partial charge in [-0.15, -0.1) is 11.3 Å². The Morgan fingerprint density at radius 1 is 1.64 bits per heavy atom. The molecule has 0 aliphatic carbocycles. The molecule has 1 N–H and O–H groups in total. The van der Waals surface area contributed by atoms with Crippen molar-refractivity contribution in [2.24, 2.45) is 0 Å². The SMILES string of the molecule is CCc1nc2cc(C=O)sc2[nH]c1=O. The molecule has 0 unspecified atom stereocenters. The zero-order valence-electron chi connectivity index (χ0n) is 7.53. The van der Waals surface area contributed by atoms with Crippen LogP contribution in [0, 0.1) is 0 Å². The number of hydrogen-bond donors (Lipinski definition) is 1. The maximum Gasteiger partial charge on any atom is 0.270 e. The second kappa shape index (κ2) is 3.34. The van der Waals surface area contributed by atoms with Crippen molar-refractivity contribution in [2.75, 3.05) is 0 Å². The lowest BCUT2D eigenvalue weighted by atomic mass is 10.3. The molecule has 0 amide bonds. The van der Waals surface area contributed by atoms with Gasteiger partial charge in [-0.05, 0) is 12.5 Å². The number of hydrogen-bond acceptors (Lipinski definition) is 4. The van der Waals surface area contributed by atoms with Gasteiger partial charge in [-0.25, -0.2) is 4.98 Å². The molecular formula is C9H8N2O2S. The zero-order valence-corrected chi connectivity index (χ0v) is 8.35. The second-order valence-corrected chi connectivity index (χ2v) is 3.93. The molecule has 0 spiro atoms. The Hall–Kier alpha value is -1.49. The molecule has 0 bridgehead atoms. The van der Waals surface area contributed by atoms with Crippen LogP contribution in [0.2, 0.25) is 0 Å². The summed E-state index contributed by atoms with van der Waals surface area (Å²) in [6, 6.07) is 1.68. The Bertz CT molecular complexity index is 541. The van der Waals surface area contributed by atoms with Gasteiger partial charge >= 0.3 is 0 Å². The summed E-state index contributed by atoms with van der Waals surface area (Å²) in [6.07, 6.45) is 1.35. The van der Waals surface area contributed by atoms with Gasteiger partial charge < -0.3 is 4.98 Å². The predicted molar refractivity (Wildman–Crippen MR) is 55.0 cm³/mol. The van der Waals surface area contributed by atoms with Gasteiger partial charge in [0.25, 0.3) is 5.56 Å². The van der Waals surface area contributed by atoms with Crippen molar-refractivity contribution in [1.82, 2.24) is 9.97 Å². The van der Waals surface area contributed by atoms with Gasteiger partial charge in [-0.2, -0.15) is 0 Å². The van der Waals surface area contributed by atoms with Crippen LogP contribution in [-0.2, 0) is 6.42 Å². The van der Waals surface area contributed by atoms with Crippen molar-refractivity contribution in [3.63, 3.8) is 0 Å². The molecule has 4 nitrogen and oxygen atoms in total. The van der Waals surface area contributed by atoms with E-state index in [2.05, 4.69) is 9.97 Å². The summed E-state index contributed by atoms with van der Waals surface area (Å²) >= 11 is 1.24. The van der Waals surface area contributed by atoms with Crippen LogP contribution < -0.4 is 5.56 Å². The first-order chi connectivity index (χ1) is 6.74. The van der Waals surface area contributed by atoms with E-state index in [-0.39, 0.29) is 5.56 Å². The highest BCUT2D eigenvalue weighted by Gasteiger charge is 2.06. The standard InChI is InChI=1S/C9H8N2O2S/c1-2-6-8(13)11-9-7(10-6)3-5(4-12)14-9/h3-4H,2H2,1H3,(H,11,13). The molecule has 0 fully saturated rings. The number of fused-ring (bicyclic) bond motifs is 1. The number of aromatic amines is 1. The van der Waals surface area contributed by atoms with Gasteiger partial charge in [0, 0.05) is 0 Å². The molecule has 0 atom stereocenters. The Morgan fingerprint density at radius 2 is 2.43 bits per heavy atom. The summed E-state index contributed by atoms with van der Waals surface area (Å²) < 4.78 is 0. The molecule has 0 aliphatic heterocycles. The van der Waals surface area contributed by atoms with Crippen LogP contribution in [-0.4, -0.2) is 16.3 Å². The maximum absolute atomic E-state index is 11.4. The Balaban J connectivity index is 2.76. The molecule has 0 radical (unpaired) electrons. The van der Waals surface area contributed by atoms with Crippen molar-refractivity contribution < 1.29 is 4.79 Å². The smallest absolute Gasteiger partial charge is 0.270 e. The number of carbonyl (C=O) groups excluding carboxylic acids is 1. The lowest BCUT2D eigenvalue weighted by Gasteiger charge is -1.93. The molecule has 0 aliphatic rings. The summed E-state index contributed by atoms with van der Waals surface area (Å²) in [5.74, 6) is 0. The molecule has 72 valence electrons. The van der Waals surface area contributed by atoms with Crippen molar-refractivity contribution in [2.45, 2.75) is 13.3 Å². The summed E-state index contributed by atoms with van der Waals surface area (Å²) in [7, 11) is 0. The summed E-state index contributed by atoms with van der Waals surface area (Å²) in [5, 5.41) is 0. The fourth-order valence-electron chi connectivity index (χ4n) is 1.24. The number of carbonyl (C=O) groups is 1. The summed E-state index contributed by atoms with van der Waals surface area (Å²) in [4.78, 5) is 30.0. The van der Waals surface area contributed by atoms with Crippen LogP contribution in [0.25, 0.3) is 10.3 Å². The fourth-order valence-corrected chi connectivity index (χ4v) is 2.05. The van der Waals surface area contributed by atoms with E-state index < -0.39 is 0 Å². The number of aryl methyl sites for hydroxylation is 1. The van der Waals surface area contributed by atoms with E-state index in [4.69, 9.17) is 0 Å². The third-order valence-corrected chi connectivity index (χ3v) is 2.89. The van der Waals surface area contributed by atoms with E-state index in [1.807, 2.05) is 6.92 Å². The van der Waals surface area contributed by atoms with Crippen LogP contribution in [0.5, 0.6) is 0 Å². The lowest BCUT2D eigenvalue weighted by Crippen LogP contribution is -2.13. The van der Waals surface area contributed by atoms with Gasteiger partial charge in [-0.1, -0.05) is 6.92 Å². The second-order valence-electron chi connectivity index (χ2n) is 2.85. The third kappa shape index (κ3) is 1.35. The van der Waals surface area contributed by atoms with E-state index in [1.54, 1.807) is 6.07 Å². The molecule has 0 aromatic carbocycles. The topological polar surface area (TPSA) is 62.8 Å². The number of thiophene rings is 1. The molecule has 5 heteroatoms. The van der Waals surface area contributed by atoms with Gasteiger partial charge in [0.15, 0.2) is 6.29 Å². The third-order valence-electron chi connectivity index (χ3n) is 1.93. The van der Waals surface area contributed by atoms with Crippen molar-refractivity contribution in [1.29, 1.82) is 0 Å². The summed E-state index contributed by atoms with van der Waals surface area (Å²) in [6.45, 7) is 1.87. The van der Waals surface area contributed by atoms with Crippen LogP contribution in [0.4, 0.5) is 0 Å². The fraction of sp³-hybridized carbons (Fsp3) is 0.222. The minimum absolute atomic E-state index is 0.167. The number of rotatable bonds is 2. The molecule has 2 rings (SSSR count). The monoisotopic (exact) mass is 208 g/mol. The van der Waals surface area contributed by atoms with Gasteiger partial charge in [-0.3, -0.25) is 9.59 Å². The predicted octanol–water partition coefficient (Wildman–Crippen LogP) is 1.36. The number of aldehydes is 1. The summed E-state index contributed by atoms with van der Waals surface area (Å²) in [5.41, 5.74) is 1.03. The van der Waals surface area contributed by atoms with E-state index >= 15 is 0 Å². The van der Waals surface area contributed by atoms with Gasteiger partial charge in [0.05, 0.1) is 10.4 Å².